The lowest BCUT2D eigenvalue weighted by Gasteiger charge is -2.11. The first-order valence-corrected chi connectivity index (χ1v) is 8.34. The summed E-state index contributed by atoms with van der Waals surface area (Å²) in [5.74, 6) is 0.638. The van der Waals surface area contributed by atoms with Crippen molar-refractivity contribution in [3.05, 3.63) is 63.0 Å². The van der Waals surface area contributed by atoms with E-state index in [1.54, 1.807) is 0 Å². The van der Waals surface area contributed by atoms with Crippen LogP contribution in [0.1, 0.15) is 11.3 Å². The van der Waals surface area contributed by atoms with Crippen LogP contribution >= 0.6 is 11.6 Å². The Labute approximate surface area is 149 Å². The van der Waals surface area contributed by atoms with Gasteiger partial charge in [0.1, 0.15) is 0 Å². The molecule has 0 bridgehead atoms. The maximum atomic E-state index is 12.5. The molecule has 5 nitrogen and oxygen atoms in total. The maximum Gasteiger partial charge on any atom is 0.258 e. The van der Waals surface area contributed by atoms with E-state index in [1.165, 1.54) is 0 Å². The van der Waals surface area contributed by atoms with Crippen molar-refractivity contribution in [2.75, 3.05) is 5.32 Å². The second-order valence-corrected chi connectivity index (χ2v) is 6.64. The fraction of sp³-hybridized carbons (Fsp3) is 0.158. The molecule has 6 heteroatoms. The zero-order valence-electron chi connectivity index (χ0n) is 14.1. The Balaban J connectivity index is 1.97. The molecule has 2 N–H and O–H groups in total. The lowest BCUT2D eigenvalue weighted by molar-refractivity contribution is 0.960. The highest BCUT2D eigenvalue weighted by molar-refractivity contribution is 6.33. The molecule has 0 aliphatic carbocycles. The van der Waals surface area contributed by atoms with Crippen LogP contribution in [0.4, 0.5) is 11.6 Å². The lowest BCUT2D eigenvalue weighted by atomic mass is 10.1. The van der Waals surface area contributed by atoms with Crippen molar-refractivity contribution in [2.24, 2.45) is 7.05 Å². The summed E-state index contributed by atoms with van der Waals surface area (Å²) in [7, 11) is 1.89. The average Bonchev–Trinajstić information content (AvgIpc) is 2.87. The number of fused-ring (bicyclic) bond motifs is 3. The molecule has 4 rings (SSSR count). The molecule has 0 atom stereocenters. The van der Waals surface area contributed by atoms with Gasteiger partial charge in [0.2, 0.25) is 5.95 Å². The van der Waals surface area contributed by atoms with E-state index in [2.05, 4.69) is 15.3 Å². The minimum atomic E-state index is -0.107. The quantitative estimate of drug-likeness (QED) is 0.561. The molecule has 4 aromatic rings. The molecule has 2 aromatic heterocycles. The molecule has 0 saturated carbocycles. The first-order valence-electron chi connectivity index (χ1n) is 7.97. The number of rotatable bonds is 2. The third-order valence-corrected chi connectivity index (χ3v) is 4.75. The van der Waals surface area contributed by atoms with Crippen LogP contribution in [-0.2, 0) is 7.05 Å². The van der Waals surface area contributed by atoms with Crippen LogP contribution in [0.15, 0.2) is 41.2 Å². The monoisotopic (exact) mass is 352 g/mol. The van der Waals surface area contributed by atoms with E-state index in [0.29, 0.717) is 16.4 Å². The van der Waals surface area contributed by atoms with E-state index in [4.69, 9.17) is 11.6 Å². The fourth-order valence-corrected chi connectivity index (χ4v) is 3.47. The van der Waals surface area contributed by atoms with Crippen molar-refractivity contribution in [3.8, 4) is 0 Å². The van der Waals surface area contributed by atoms with Crippen molar-refractivity contribution in [3.63, 3.8) is 0 Å². The molecule has 0 fully saturated rings. The highest BCUT2D eigenvalue weighted by Crippen LogP contribution is 2.31. The number of pyridine rings is 1. The Morgan fingerprint density at radius 3 is 2.76 bits per heavy atom. The Morgan fingerprint density at radius 1 is 1.20 bits per heavy atom. The average molecular weight is 353 g/mol. The highest BCUT2D eigenvalue weighted by Gasteiger charge is 2.15. The van der Waals surface area contributed by atoms with Gasteiger partial charge < -0.3 is 14.9 Å². The number of aromatic nitrogens is 3. The van der Waals surface area contributed by atoms with Crippen molar-refractivity contribution in [2.45, 2.75) is 13.8 Å². The van der Waals surface area contributed by atoms with Crippen LogP contribution in [0.2, 0.25) is 5.02 Å². The zero-order valence-corrected chi connectivity index (χ0v) is 14.9. The van der Waals surface area contributed by atoms with Crippen LogP contribution in [0, 0.1) is 13.8 Å². The Hall–Kier alpha value is -2.79. The SMILES string of the molecule is Cc1cc2ccc3nc(Nc4c(C)cccc4Cl)n(C)c3c2c(=O)[nH]1. The number of hydrogen-bond acceptors (Lipinski definition) is 3. The highest BCUT2D eigenvalue weighted by atomic mass is 35.5. The van der Waals surface area contributed by atoms with Gasteiger partial charge in [0, 0.05) is 12.7 Å². The normalized spacial score (nSPS) is 11.4. The first kappa shape index (κ1) is 15.7. The predicted octanol–water partition coefficient (Wildman–Crippen LogP) is 4.43. The number of H-pyrrole nitrogens is 1. The van der Waals surface area contributed by atoms with Crippen molar-refractivity contribution in [1.82, 2.24) is 14.5 Å². The largest absolute Gasteiger partial charge is 0.326 e. The molecule has 2 aromatic carbocycles. The summed E-state index contributed by atoms with van der Waals surface area (Å²) in [6.07, 6.45) is 0. The van der Waals surface area contributed by atoms with Crippen molar-refractivity contribution < 1.29 is 0 Å². The molecule has 25 heavy (non-hydrogen) atoms. The van der Waals surface area contributed by atoms with Gasteiger partial charge >= 0.3 is 0 Å². The number of para-hydroxylation sites is 1. The summed E-state index contributed by atoms with van der Waals surface area (Å²) < 4.78 is 1.89. The van der Waals surface area contributed by atoms with Gasteiger partial charge in [-0.15, -0.1) is 0 Å². The van der Waals surface area contributed by atoms with Crippen LogP contribution in [0.3, 0.4) is 0 Å². The van der Waals surface area contributed by atoms with Gasteiger partial charge in [-0.1, -0.05) is 29.8 Å². The summed E-state index contributed by atoms with van der Waals surface area (Å²) in [5.41, 5.74) is 4.13. The minimum Gasteiger partial charge on any atom is -0.326 e. The number of anilines is 2. The molecular weight excluding hydrogens is 336 g/mol. The van der Waals surface area contributed by atoms with Crippen LogP contribution in [0.25, 0.3) is 21.8 Å². The van der Waals surface area contributed by atoms with Crippen molar-refractivity contribution >= 4 is 45.0 Å². The number of nitrogens with zero attached hydrogens (tertiary/aromatic N) is 2. The molecule has 0 radical (unpaired) electrons. The number of imidazole rings is 1. The van der Waals surface area contributed by atoms with Gasteiger partial charge in [-0.05, 0) is 43.0 Å². The lowest BCUT2D eigenvalue weighted by Crippen LogP contribution is -2.09. The van der Waals surface area contributed by atoms with Crippen molar-refractivity contribution in [1.29, 1.82) is 0 Å². The standard InChI is InChI=1S/C19H17ClN4O/c1-10-5-4-6-13(20)16(10)23-19-22-14-8-7-12-9-11(2)21-18(25)15(12)17(14)24(19)3/h4-9H,1-3H3,(H,21,25)(H,22,23). The summed E-state index contributed by atoms with van der Waals surface area (Å²) >= 11 is 6.31. The summed E-state index contributed by atoms with van der Waals surface area (Å²) in [6, 6.07) is 11.6. The number of hydrogen-bond donors (Lipinski definition) is 2. The van der Waals surface area contributed by atoms with E-state index in [1.807, 2.05) is 61.9 Å². The van der Waals surface area contributed by atoms with E-state index in [-0.39, 0.29) is 5.56 Å². The van der Waals surface area contributed by atoms with Gasteiger partial charge in [0.05, 0.1) is 27.1 Å². The fourth-order valence-electron chi connectivity index (χ4n) is 3.20. The van der Waals surface area contributed by atoms with E-state index in [9.17, 15) is 4.79 Å². The van der Waals surface area contributed by atoms with E-state index in [0.717, 1.165) is 33.4 Å². The van der Waals surface area contributed by atoms with Gasteiger partial charge in [-0.2, -0.15) is 0 Å². The smallest absolute Gasteiger partial charge is 0.258 e. The topological polar surface area (TPSA) is 62.7 Å². The van der Waals surface area contributed by atoms with Crippen LogP contribution < -0.4 is 10.9 Å². The second kappa shape index (κ2) is 5.63. The van der Waals surface area contributed by atoms with Gasteiger partial charge in [0.25, 0.3) is 5.56 Å². The van der Waals surface area contributed by atoms with E-state index >= 15 is 0 Å². The summed E-state index contributed by atoms with van der Waals surface area (Å²) in [6.45, 7) is 3.86. The molecule has 0 aliphatic rings. The number of aryl methyl sites for hydroxylation is 3. The molecule has 126 valence electrons. The third kappa shape index (κ3) is 2.48. The van der Waals surface area contributed by atoms with Crippen LogP contribution in [-0.4, -0.2) is 14.5 Å². The molecule has 0 saturated heterocycles. The minimum absolute atomic E-state index is 0.107. The van der Waals surface area contributed by atoms with Gasteiger partial charge in [0.15, 0.2) is 0 Å². The number of halogens is 1. The molecule has 2 heterocycles. The van der Waals surface area contributed by atoms with E-state index < -0.39 is 0 Å². The molecule has 0 spiro atoms. The Bertz CT molecular complexity index is 1170. The maximum absolute atomic E-state index is 12.5. The molecule has 0 aliphatic heterocycles. The second-order valence-electron chi connectivity index (χ2n) is 6.23. The Kier molecular flexibility index (Phi) is 3.54. The predicted molar refractivity (Wildman–Crippen MR) is 103 cm³/mol. The molecule has 0 unspecified atom stereocenters. The summed E-state index contributed by atoms with van der Waals surface area (Å²) in [5, 5.41) is 5.47. The van der Waals surface area contributed by atoms with Gasteiger partial charge in [-0.25, -0.2) is 4.98 Å². The number of benzene rings is 2. The zero-order chi connectivity index (χ0) is 17.7. The number of nitrogens with one attached hydrogen (secondary N) is 2. The molecule has 0 amide bonds. The Morgan fingerprint density at radius 2 is 2.00 bits per heavy atom. The summed E-state index contributed by atoms with van der Waals surface area (Å²) in [4.78, 5) is 20.0. The van der Waals surface area contributed by atoms with Crippen LogP contribution in [0.5, 0.6) is 0 Å². The number of aromatic amines is 1. The molecular formula is C19H17ClN4O. The van der Waals surface area contributed by atoms with Gasteiger partial charge in [-0.3, -0.25) is 4.79 Å². The first-order chi connectivity index (χ1) is 12.0. The third-order valence-electron chi connectivity index (χ3n) is 4.44.